The lowest BCUT2D eigenvalue weighted by Crippen LogP contribution is -2.05. The van der Waals surface area contributed by atoms with Crippen LogP contribution in [-0.4, -0.2) is 12.3 Å². The van der Waals surface area contributed by atoms with E-state index in [1.165, 1.54) is 0 Å². The summed E-state index contributed by atoms with van der Waals surface area (Å²) in [5, 5.41) is 0. The van der Waals surface area contributed by atoms with Gasteiger partial charge in [-0.2, -0.15) is 0 Å². The van der Waals surface area contributed by atoms with E-state index in [0.717, 1.165) is 0 Å². The van der Waals surface area contributed by atoms with Crippen molar-refractivity contribution in [2.45, 2.75) is 32.1 Å². The molecule has 2 unspecified atom stereocenters. The van der Waals surface area contributed by atoms with Gasteiger partial charge in [-0.1, -0.05) is 6.92 Å². The summed E-state index contributed by atoms with van der Waals surface area (Å²) in [4.78, 5) is 0. The Labute approximate surface area is 48.9 Å². The predicted octanol–water partition coefficient (Wildman–Crippen LogP) is 2.30. The lowest BCUT2D eigenvalue weighted by Gasteiger charge is -2.03. The maximum Gasteiger partial charge on any atom is 0.103 e. The Kier molecular flexibility index (Phi) is 3.75. The summed E-state index contributed by atoms with van der Waals surface area (Å²) in [7, 11) is 0. The average molecular weight is 121 g/mol. The average Bonchev–Trinajstić information content (AvgIpc) is 1.65. The summed E-state index contributed by atoms with van der Waals surface area (Å²) in [6.07, 6.45) is -1.93. The van der Waals surface area contributed by atoms with Crippen LogP contribution in [0.5, 0.6) is 0 Å². The largest absolute Gasteiger partial charge is 0.247 e. The summed E-state index contributed by atoms with van der Waals surface area (Å²) in [5.41, 5.74) is 0. The van der Waals surface area contributed by atoms with Gasteiger partial charge in [-0.25, -0.2) is 8.78 Å². The molecule has 0 aliphatic carbocycles. The van der Waals surface area contributed by atoms with E-state index in [9.17, 15) is 8.78 Å². The molecular weight excluding hydrogens is 110 g/mol. The fourth-order valence-electron chi connectivity index (χ4n) is 0.444. The van der Waals surface area contributed by atoms with E-state index in [4.69, 9.17) is 0 Å². The highest BCUT2D eigenvalue weighted by atomic mass is 19.1. The van der Waals surface area contributed by atoms with E-state index in [1.54, 1.807) is 6.92 Å². The number of hydrogen-bond donors (Lipinski definition) is 0. The highest BCUT2D eigenvalue weighted by molar-refractivity contribution is 4.63. The second kappa shape index (κ2) is 3.81. The van der Waals surface area contributed by atoms with Crippen LogP contribution in [0.1, 0.15) is 19.8 Å². The molecule has 0 amide bonds. The summed E-state index contributed by atoms with van der Waals surface area (Å²) < 4.78 is 23.9. The van der Waals surface area contributed by atoms with Gasteiger partial charge in [0.2, 0.25) is 0 Å². The van der Waals surface area contributed by atoms with Crippen molar-refractivity contribution in [3.8, 4) is 0 Å². The molecule has 0 aromatic heterocycles. The van der Waals surface area contributed by atoms with Gasteiger partial charge < -0.3 is 0 Å². The molecular formula is C6H11F2. The van der Waals surface area contributed by atoms with Gasteiger partial charge in [0.25, 0.3) is 0 Å². The van der Waals surface area contributed by atoms with E-state index in [0.29, 0.717) is 6.42 Å². The van der Waals surface area contributed by atoms with Gasteiger partial charge in [0.1, 0.15) is 12.3 Å². The maximum atomic E-state index is 12.1. The van der Waals surface area contributed by atoms with Crippen molar-refractivity contribution in [2.75, 3.05) is 0 Å². The molecule has 0 nitrogen and oxygen atoms in total. The highest BCUT2D eigenvalue weighted by Crippen LogP contribution is 2.07. The zero-order valence-corrected chi connectivity index (χ0v) is 5.03. The Hall–Kier alpha value is -0.140. The van der Waals surface area contributed by atoms with Gasteiger partial charge in [-0.05, 0) is 13.3 Å². The molecule has 0 saturated heterocycles. The molecule has 0 aliphatic heterocycles. The molecule has 2 heteroatoms. The van der Waals surface area contributed by atoms with Gasteiger partial charge in [-0.15, -0.1) is 0 Å². The maximum absolute atomic E-state index is 12.1. The van der Waals surface area contributed by atoms with Crippen LogP contribution in [0.25, 0.3) is 0 Å². The second-order valence-corrected chi connectivity index (χ2v) is 1.84. The Morgan fingerprint density at radius 3 is 2.12 bits per heavy atom. The molecule has 0 heterocycles. The Morgan fingerprint density at radius 2 is 2.00 bits per heavy atom. The van der Waals surface area contributed by atoms with Crippen molar-refractivity contribution in [2.24, 2.45) is 0 Å². The van der Waals surface area contributed by atoms with Gasteiger partial charge in [0, 0.05) is 6.42 Å². The first-order valence-electron chi connectivity index (χ1n) is 2.78. The van der Waals surface area contributed by atoms with Gasteiger partial charge in [0.15, 0.2) is 0 Å². The quantitative estimate of drug-likeness (QED) is 0.537. The summed E-state index contributed by atoms with van der Waals surface area (Å²) >= 11 is 0. The molecule has 8 heavy (non-hydrogen) atoms. The minimum atomic E-state index is -1.25. The van der Waals surface area contributed by atoms with Crippen LogP contribution in [-0.2, 0) is 0 Å². The molecule has 49 valence electrons. The summed E-state index contributed by atoms with van der Waals surface area (Å²) in [6.45, 7) is 4.71. The monoisotopic (exact) mass is 121 g/mol. The lowest BCUT2D eigenvalue weighted by atomic mass is 10.2. The van der Waals surface area contributed by atoms with E-state index in [2.05, 4.69) is 6.92 Å². The topological polar surface area (TPSA) is 0 Å². The van der Waals surface area contributed by atoms with Crippen LogP contribution in [0.3, 0.4) is 0 Å². The first-order chi connectivity index (χ1) is 3.66. The van der Waals surface area contributed by atoms with Crippen LogP contribution in [0.2, 0.25) is 0 Å². The normalized spacial score (nSPS) is 18.0. The van der Waals surface area contributed by atoms with Crippen molar-refractivity contribution < 1.29 is 8.78 Å². The molecule has 0 rings (SSSR count). The molecule has 2 atom stereocenters. The smallest absolute Gasteiger partial charge is 0.103 e. The molecule has 0 N–H and O–H groups in total. The van der Waals surface area contributed by atoms with E-state index < -0.39 is 12.3 Å². The predicted molar refractivity (Wildman–Crippen MR) is 30.1 cm³/mol. The number of halogens is 2. The fraction of sp³-hybridized carbons (Fsp3) is 0.833. The highest BCUT2D eigenvalue weighted by Gasteiger charge is 2.07. The standard InChI is InChI=1S/C6H11F2/c1-3-6(8)4-5(2)7/h5-6H,2-4H2,1H3. The molecule has 0 aliphatic rings. The lowest BCUT2D eigenvalue weighted by molar-refractivity contribution is 0.242. The SMILES string of the molecule is [CH2]C(F)CC(F)CC. The van der Waals surface area contributed by atoms with Crippen molar-refractivity contribution in [3.63, 3.8) is 0 Å². The number of hydrogen-bond acceptors (Lipinski definition) is 0. The van der Waals surface area contributed by atoms with Gasteiger partial charge in [-0.3, -0.25) is 0 Å². The Morgan fingerprint density at radius 1 is 1.50 bits per heavy atom. The van der Waals surface area contributed by atoms with Crippen LogP contribution in [0, 0.1) is 6.92 Å². The molecule has 0 saturated carbocycles. The third-order valence-electron chi connectivity index (χ3n) is 0.954. The van der Waals surface area contributed by atoms with Crippen molar-refractivity contribution in [3.05, 3.63) is 6.92 Å². The fourth-order valence-corrected chi connectivity index (χ4v) is 0.444. The van der Waals surface area contributed by atoms with Crippen LogP contribution in [0.4, 0.5) is 8.78 Å². The molecule has 0 spiro atoms. The van der Waals surface area contributed by atoms with Crippen molar-refractivity contribution in [1.82, 2.24) is 0 Å². The third kappa shape index (κ3) is 4.03. The number of alkyl halides is 2. The van der Waals surface area contributed by atoms with Gasteiger partial charge in [0.05, 0.1) is 0 Å². The first-order valence-corrected chi connectivity index (χ1v) is 2.78. The van der Waals surface area contributed by atoms with Crippen LogP contribution >= 0.6 is 0 Å². The minimum absolute atomic E-state index is 0.0590. The number of rotatable bonds is 3. The zero-order valence-electron chi connectivity index (χ0n) is 5.03. The molecule has 1 radical (unpaired) electrons. The molecule has 0 aromatic rings. The van der Waals surface area contributed by atoms with E-state index >= 15 is 0 Å². The Bertz CT molecular complexity index is 52.5. The van der Waals surface area contributed by atoms with E-state index in [-0.39, 0.29) is 6.42 Å². The van der Waals surface area contributed by atoms with Crippen molar-refractivity contribution >= 4 is 0 Å². The molecule has 0 aromatic carbocycles. The van der Waals surface area contributed by atoms with Crippen LogP contribution in [0.15, 0.2) is 0 Å². The Balaban J connectivity index is 3.10. The third-order valence-corrected chi connectivity index (χ3v) is 0.954. The molecule has 0 bridgehead atoms. The second-order valence-electron chi connectivity index (χ2n) is 1.84. The van der Waals surface area contributed by atoms with Crippen LogP contribution < -0.4 is 0 Å². The molecule has 0 fully saturated rings. The van der Waals surface area contributed by atoms with Gasteiger partial charge >= 0.3 is 0 Å². The zero-order chi connectivity index (χ0) is 6.57. The summed E-state index contributed by atoms with van der Waals surface area (Å²) in [5.74, 6) is 0. The first kappa shape index (κ1) is 7.86. The van der Waals surface area contributed by atoms with E-state index in [1.807, 2.05) is 0 Å². The minimum Gasteiger partial charge on any atom is -0.247 e. The summed E-state index contributed by atoms with van der Waals surface area (Å²) in [6, 6.07) is 0. The van der Waals surface area contributed by atoms with Crippen molar-refractivity contribution in [1.29, 1.82) is 0 Å².